The zero-order valence-corrected chi connectivity index (χ0v) is 25.7. The van der Waals surface area contributed by atoms with E-state index in [0.717, 1.165) is 0 Å². The van der Waals surface area contributed by atoms with Crippen molar-refractivity contribution in [2.75, 3.05) is 0 Å². The number of thiophene rings is 7. The number of rotatable bonds is 2. The topological polar surface area (TPSA) is 0 Å². The molecule has 7 aromatic heterocycles. The van der Waals surface area contributed by atoms with E-state index in [1.165, 1.54) is 26.8 Å². The molecule has 0 aliphatic rings. The van der Waals surface area contributed by atoms with Gasteiger partial charge in [0.15, 0.2) is 0 Å². The molecular formula is C22H20S7Si2. The van der Waals surface area contributed by atoms with Gasteiger partial charge >= 0.3 is 0 Å². The van der Waals surface area contributed by atoms with Crippen molar-refractivity contribution in [3.8, 4) is 0 Å². The Hall–Kier alpha value is -0.106. The fourth-order valence-electron chi connectivity index (χ4n) is 4.25. The maximum absolute atomic E-state index is 2.56. The summed E-state index contributed by atoms with van der Waals surface area (Å²) in [5.74, 6) is 0. The molecule has 0 bridgehead atoms. The van der Waals surface area contributed by atoms with Gasteiger partial charge in [-0.2, -0.15) is 0 Å². The monoisotopic (exact) mass is 564 g/mol. The van der Waals surface area contributed by atoms with Crippen molar-refractivity contribution in [3.05, 3.63) is 12.1 Å². The Kier molecular flexibility index (Phi) is 4.13. The molecule has 7 aromatic rings. The lowest BCUT2D eigenvalue weighted by molar-refractivity contribution is 1.79. The molecular weight excluding hydrogens is 545 g/mol. The third-order valence-electron chi connectivity index (χ3n) is 5.91. The molecule has 0 radical (unpaired) electrons. The summed E-state index contributed by atoms with van der Waals surface area (Å²) in [6.07, 6.45) is 0. The van der Waals surface area contributed by atoms with Crippen molar-refractivity contribution in [1.82, 2.24) is 0 Å². The molecule has 9 heteroatoms. The largest absolute Gasteiger partial charge is 0.134 e. The van der Waals surface area contributed by atoms with Crippen LogP contribution in [0, 0.1) is 0 Å². The lowest BCUT2D eigenvalue weighted by Gasteiger charge is -2.12. The third kappa shape index (κ3) is 2.75. The summed E-state index contributed by atoms with van der Waals surface area (Å²) >= 11 is 14.3. The third-order valence-corrected chi connectivity index (χ3v) is 21.9. The van der Waals surface area contributed by atoms with Crippen LogP contribution in [0.4, 0.5) is 0 Å². The molecule has 0 spiro atoms. The second kappa shape index (κ2) is 6.31. The Morgan fingerprint density at radius 2 is 0.742 bits per heavy atom. The van der Waals surface area contributed by atoms with Crippen LogP contribution in [-0.4, -0.2) is 16.1 Å². The van der Waals surface area contributed by atoms with Crippen LogP contribution in [-0.2, 0) is 0 Å². The molecule has 0 atom stereocenters. The highest BCUT2D eigenvalue weighted by Crippen LogP contribution is 2.56. The molecule has 0 saturated heterocycles. The van der Waals surface area contributed by atoms with Crippen molar-refractivity contribution < 1.29 is 0 Å². The van der Waals surface area contributed by atoms with Crippen LogP contribution in [0.15, 0.2) is 12.1 Å². The highest BCUT2D eigenvalue weighted by Gasteiger charge is 2.27. The van der Waals surface area contributed by atoms with Gasteiger partial charge in [0.2, 0.25) is 0 Å². The maximum atomic E-state index is 2.56. The molecule has 0 amide bonds. The van der Waals surface area contributed by atoms with Crippen LogP contribution in [0.1, 0.15) is 0 Å². The van der Waals surface area contributed by atoms with E-state index in [0.29, 0.717) is 0 Å². The quantitative estimate of drug-likeness (QED) is 0.183. The summed E-state index contributed by atoms with van der Waals surface area (Å²) in [7, 11) is -2.57. The second-order valence-electron chi connectivity index (χ2n) is 10.3. The van der Waals surface area contributed by atoms with E-state index >= 15 is 0 Å². The molecule has 7 rings (SSSR count). The average molecular weight is 565 g/mol. The van der Waals surface area contributed by atoms with Crippen LogP contribution < -0.4 is 9.00 Å². The fourth-order valence-corrected chi connectivity index (χ4v) is 18.9. The van der Waals surface area contributed by atoms with E-state index in [1.54, 1.807) is 38.6 Å². The first-order chi connectivity index (χ1) is 14.6. The van der Waals surface area contributed by atoms with Gasteiger partial charge in [0.05, 0.1) is 40.2 Å². The van der Waals surface area contributed by atoms with Gasteiger partial charge in [0.25, 0.3) is 0 Å². The molecule has 0 unspecified atom stereocenters. The lowest BCUT2D eigenvalue weighted by atomic mass is 10.1. The summed E-state index contributed by atoms with van der Waals surface area (Å²) in [4.78, 5) is 0. The minimum Gasteiger partial charge on any atom is -0.134 e. The summed E-state index contributed by atoms with van der Waals surface area (Å²) < 4.78 is 12.5. The van der Waals surface area contributed by atoms with Gasteiger partial charge in [-0.25, -0.2) is 0 Å². The first kappa shape index (κ1) is 20.3. The van der Waals surface area contributed by atoms with Crippen LogP contribution >= 0.6 is 79.4 Å². The Bertz CT molecular complexity index is 1680. The van der Waals surface area contributed by atoms with E-state index in [-0.39, 0.29) is 0 Å². The minimum atomic E-state index is -1.28. The van der Waals surface area contributed by atoms with Crippen molar-refractivity contribution in [2.24, 2.45) is 0 Å². The zero-order chi connectivity index (χ0) is 21.4. The zero-order valence-electron chi connectivity index (χ0n) is 18.0. The van der Waals surface area contributed by atoms with Gasteiger partial charge < -0.3 is 0 Å². The lowest BCUT2D eigenvalue weighted by Crippen LogP contribution is -2.34. The summed E-state index contributed by atoms with van der Waals surface area (Å²) in [5.41, 5.74) is 0. The van der Waals surface area contributed by atoms with Crippen LogP contribution in [0.3, 0.4) is 0 Å². The van der Waals surface area contributed by atoms with Gasteiger partial charge in [0, 0.05) is 32.3 Å². The Labute approximate surface area is 210 Å². The van der Waals surface area contributed by atoms with Gasteiger partial charge in [-0.15, -0.1) is 79.4 Å². The van der Waals surface area contributed by atoms with Crippen molar-refractivity contribution in [3.63, 3.8) is 0 Å². The molecule has 0 fully saturated rings. The van der Waals surface area contributed by atoms with E-state index in [9.17, 15) is 0 Å². The first-order valence-electron chi connectivity index (χ1n) is 10.3. The van der Waals surface area contributed by atoms with Crippen LogP contribution in [0.5, 0.6) is 0 Å². The SMILES string of the molecule is C[Si](C)(C)c1cc2c(s1)sc1sc3sc4sc5sc6sc([Si](C)(C)C)cc6c5c4c3c12. The molecule has 0 N–H and O–H groups in total. The molecule has 0 nitrogen and oxygen atoms in total. The molecule has 0 aromatic carbocycles. The molecule has 0 aliphatic heterocycles. The number of hydrogen-bond acceptors (Lipinski definition) is 7. The maximum Gasteiger partial charge on any atom is 0.0908 e. The van der Waals surface area contributed by atoms with E-state index in [4.69, 9.17) is 0 Å². The summed E-state index contributed by atoms with van der Waals surface area (Å²) in [6, 6.07) is 5.11. The van der Waals surface area contributed by atoms with Crippen LogP contribution in [0.25, 0.3) is 56.4 Å². The molecule has 7 heterocycles. The molecule has 0 saturated carbocycles. The highest BCUT2D eigenvalue weighted by atomic mass is 32.2. The van der Waals surface area contributed by atoms with E-state index in [1.807, 2.05) is 56.7 Å². The minimum absolute atomic E-state index is 1.28. The Morgan fingerprint density at radius 3 is 1.10 bits per heavy atom. The van der Waals surface area contributed by atoms with Crippen LogP contribution in [0.2, 0.25) is 39.3 Å². The van der Waals surface area contributed by atoms with Crippen molar-refractivity contribution >= 4 is 161 Å². The summed E-state index contributed by atoms with van der Waals surface area (Å²) in [6.45, 7) is 14.8. The predicted octanol–water partition coefficient (Wildman–Crippen LogP) is 10.1. The number of hydrogen-bond donors (Lipinski definition) is 0. The normalized spacial score (nSPS) is 14.1. The van der Waals surface area contributed by atoms with Gasteiger partial charge in [-0.3, -0.25) is 0 Å². The van der Waals surface area contributed by atoms with E-state index in [2.05, 4.69) is 74.1 Å². The smallest absolute Gasteiger partial charge is 0.0908 e. The fraction of sp³-hybridized carbons (Fsp3) is 0.273. The van der Waals surface area contributed by atoms with Crippen molar-refractivity contribution in [1.29, 1.82) is 0 Å². The standard InChI is InChI=1S/C22H20S7Si2/c1-30(2,3)11-7-9-13-15-16-14-10-8-12(31(4,5)6)24-18(10)26-20(14)28-22(16)29-21(15)27-19(13)25-17(9)23-11/h7-8H,1-6H3. The first-order valence-corrected chi connectivity index (χ1v) is 23.0. The van der Waals surface area contributed by atoms with Gasteiger partial charge in [0.1, 0.15) is 0 Å². The molecule has 31 heavy (non-hydrogen) atoms. The molecule has 158 valence electrons. The van der Waals surface area contributed by atoms with Gasteiger partial charge in [-0.1, -0.05) is 39.3 Å². The Balaban J connectivity index is 1.64. The predicted molar refractivity (Wildman–Crippen MR) is 163 cm³/mol. The molecule has 0 aliphatic carbocycles. The summed E-state index contributed by atoms with van der Waals surface area (Å²) in [5, 5.41) is 9.33. The second-order valence-corrected chi connectivity index (χ2v) is 29.8. The van der Waals surface area contributed by atoms with Gasteiger partial charge in [-0.05, 0) is 21.1 Å². The van der Waals surface area contributed by atoms with Crippen molar-refractivity contribution in [2.45, 2.75) is 39.3 Å². The Morgan fingerprint density at radius 1 is 0.419 bits per heavy atom. The average Bonchev–Trinajstić information content (AvgIpc) is 3.39. The number of fused-ring (bicyclic) bond motifs is 11. The highest BCUT2D eigenvalue weighted by molar-refractivity contribution is 7.61. The van der Waals surface area contributed by atoms with E-state index < -0.39 is 16.1 Å².